The zero-order valence-corrected chi connectivity index (χ0v) is 5.55. The SMILES string of the molecule is [CH]1CCC2CCN(C2)O1. The first-order valence-corrected chi connectivity index (χ1v) is 3.68. The molecule has 0 spiro atoms. The maximum atomic E-state index is 5.30. The lowest BCUT2D eigenvalue weighted by molar-refractivity contribution is -0.106. The van der Waals surface area contributed by atoms with E-state index in [-0.39, 0.29) is 0 Å². The fourth-order valence-corrected chi connectivity index (χ4v) is 1.59. The zero-order valence-electron chi connectivity index (χ0n) is 5.55. The van der Waals surface area contributed by atoms with Gasteiger partial charge in [0.25, 0.3) is 0 Å². The van der Waals surface area contributed by atoms with Gasteiger partial charge in [-0.15, -0.1) is 0 Å². The standard InChI is InChI=1S/C7H12NO/c1-2-7-3-4-8(6-7)9-5-1/h5,7H,1-4,6H2. The molecule has 0 aliphatic carbocycles. The van der Waals surface area contributed by atoms with Gasteiger partial charge in [-0.25, -0.2) is 0 Å². The molecule has 1 radical (unpaired) electrons. The zero-order chi connectivity index (χ0) is 6.10. The molecule has 51 valence electrons. The summed E-state index contributed by atoms with van der Waals surface area (Å²) < 4.78 is 0. The smallest absolute Gasteiger partial charge is 0.107 e. The van der Waals surface area contributed by atoms with Crippen molar-refractivity contribution >= 4 is 0 Å². The van der Waals surface area contributed by atoms with Gasteiger partial charge in [-0.2, -0.15) is 5.06 Å². The van der Waals surface area contributed by atoms with E-state index in [4.69, 9.17) is 4.84 Å². The number of rotatable bonds is 0. The van der Waals surface area contributed by atoms with E-state index in [2.05, 4.69) is 5.06 Å². The third-order valence-corrected chi connectivity index (χ3v) is 2.16. The van der Waals surface area contributed by atoms with Crippen LogP contribution in [0.3, 0.4) is 0 Å². The molecular weight excluding hydrogens is 114 g/mol. The molecule has 2 aliphatic heterocycles. The van der Waals surface area contributed by atoms with E-state index in [0.29, 0.717) is 0 Å². The van der Waals surface area contributed by atoms with E-state index in [9.17, 15) is 0 Å². The van der Waals surface area contributed by atoms with Crippen LogP contribution in [0.25, 0.3) is 0 Å². The van der Waals surface area contributed by atoms with Crippen LogP contribution in [0.5, 0.6) is 0 Å². The van der Waals surface area contributed by atoms with E-state index >= 15 is 0 Å². The summed E-state index contributed by atoms with van der Waals surface area (Å²) in [7, 11) is 0. The van der Waals surface area contributed by atoms with Crippen LogP contribution in [0.4, 0.5) is 0 Å². The highest BCUT2D eigenvalue weighted by Crippen LogP contribution is 2.25. The monoisotopic (exact) mass is 126 g/mol. The van der Waals surface area contributed by atoms with Crippen LogP contribution in [0.15, 0.2) is 0 Å². The van der Waals surface area contributed by atoms with Gasteiger partial charge in [0, 0.05) is 13.1 Å². The third kappa shape index (κ3) is 1.10. The van der Waals surface area contributed by atoms with Crippen LogP contribution in [-0.2, 0) is 4.84 Å². The molecule has 2 nitrogen and oxygen atoms in total. The predicted molar refractivity (Wildman–Crippen MR) is 34.3 cm³/mol. The summed E-state index contributed by atoms with van der Waals surface area (Å²) in [6, 6.07) is 0. The first-order valence-electron chi connectivity index (χ1n) is 3.68. The number of nitrogens with zero attached hydrogens (tertiary/aromatic N) is 1. The third-order valence-electron chi connectivity index (χ3n) is 2.16. The summed E-state index contributed by atoms with van der Waals surface area (Å²) in [6.07, 6.45) is 3.81. The molecule has 2 unspecified atom stereocenters. The lowest BCUT2D eigenvalue weighted by Gasteiger charge is -2.11. The lowest BCUT2D eigenvalue weighted by atomic mass is 10.0. The fourth-order valence-electron chi connectivity index (χ4n) is 1.59. The molecule has 2 aliphatic rings. The van der Waals surface area contributed by atoms with Crippen molar-refractivity contribution in [1.29, 1.82) is 0 Å². The summed E-state index contributed by atoms with van der Waals surface area (Å²) in [5.41, 5.74) is 0. The van der Waals surface area contributed by atoms with Crippen molar-refractivity contribution in [2.45, 2.75) is 19.3 Å². The topological polar surface area (TPSA) is 12.5 Å². The number of hydrogen-bond donors (Lipinski definition) is 0. The molecule has 0 aromatic carbocycles. The van der Waals surface area contributed by atoms with Gasteiger partial charge in [-0.3, -0.25) is 4.84 Å². The van der Waals surface area contributed by atoms with Crippen LogP contribution in [0, 0.1) is 12.5 Å². The Labute approximate surface area is 55.7 Å². The minimum Gasteiger partial charge on any atom is -0.293 e. The van der Waals surface area contributed by atoms with Crippen LogP contribution in [-0.4, -0.2) is 18.2 Å². The minimum atomic E-state index is 0.920. The van der Waals surface area contributed by atoms with Crippen molar-refractivity contribution in [2.24, 2.45) is 5.92 Å². The molecule has 2 bridgehead atoms. The molecule has 2 heterocycles. The molecule has 0 saturated carbocycles. The number of hydroxylamine groups is 2. The first-order chi connectivity index (χ1) is 4.45. The first kappa shape index (κ1) is 5.69. The Morgan fingerprint density at radius 3 is 3.44 bits per heavy atom. The van der Waals surface area contributed by atoms with E-state index in [0.717, 1.165) is 25.4 Å². The molecule has 2 saturated heterocycles. The van der Waals surface area contributed by atoms with E-state index in [1.54, 1.807) is 0 Å². The minimum absolute atomic E-state index is 0.920. The molecule has 0 N–H and O–H groups in total. The van der Waals surface area contributed by atoms with Crippen molar-refractivity contribution in [3.8, 4) is 0 Å². The van der Waals surface area contributed by atoms with E-state index in [1.165, 1.54) is 12.8 Å². The Morgan fingerprint density at radius 1 is 1.44 bits per heavy atom. The van der Waals surface area contributed by atoms with E-state index in [1.807, 2.05) is 6.61 Å². The van der Waals surface area contributed by atoms with Crippen LogP contribution >= 0.6 is 0 Å². The van der Waals surface area contributed by atoms with Gasteiger partial charge >= 0.3 is 0 Å². The number of fused-ring (bicyclic) bond motifs is 2. The highest BCUT2D eigenvalue weighted by Gasteiger charge is 2.25. The Bertz CT molecular complexity index is 93.1. The molecule has 2 atom stereocenters. The van der Waals surface area contributed by atoms with Gasteiger partial charge in [0.05, 0.1) is 0 Å². The Hall–Kier alpha value is -0.0800. The summed E-state index contributed by atoms with van der Waals surface area (Å²) >= 11 is 0. The lowest BCUT2D eigenvalue weighted by Crippen LogP contribution is -2.17. The van der Waals surface area contributed by atoms with Gasteiger partial charge in [-0.1, -0.05) is 0 Å². The highest BCUT2D eigenvalue weighted by molar-refractivity contribution is 4.75. The van der Waals surface area contributed by atoms with Crippen molar-refractivity contribution < 1.29 is 4.84 Å². The maximum Gasteiger partial charge on any atom is 0.107 e. The van der Waals surface area contributed by atoms with Crippen LogP contribution in [0.2, 0.25) is 0 Å². The molecule has 2 fully saturated rings. The van der Waals surface area contributed by atoms with Crippen molar-refractivity contribution in [1.82, 2.24) is 5.06 Å². The molecule has 0 aromatic rings. The average molecular weight is 126 g/mol. The fraction of sp³-hybridized carbons (Fsp3) is 0.857. The Balaban J connectivity index is 1.99. The Morgan fingerprint density at radius 2 is 2.44 bits per heavy atom. The van der Waals surface area contributed by atoms with Crippen molar-refractivity contribution in [3.05, 3.63) is 6.61 Å². The molecule has 0 aromatic heterocycles. The van der Waals surface area contributed by atoms with Gasteiger partial charge in [0.15, 0.2) is 0 Å². The Kier molecular flexibility index (Phi) is 1.44. The summed E-state index contributed by atoms with van der Waals surface area (Å²) in [5.74, 6) is 0.920. The second kappa shape index (κ2) is 2.27. The molecular formula is C7H12NO. The average Bonchev–Trinajstić information content (AvgIpc) is 2.09. The van der Waals surface area contributed by atoms with Crippen LogP contribution < -0.4 is 0 Å². The summed E-state index contributed by atoms with van der Waals surface area (Å²) in [5, 5.41) is 2.07. The van der Waals surface area contributed by atoms with E-state index < -0.39 is 0 Å². The van der Waals surface area contributed by atoms with Gasteiger partial charge in [-0.05, 0) is 25.2 Å². The second-order valence-corrected chi connectivity index (χ2v) is 2.89. The largest absolute Gasteiger partial charge is 0.293 e. The molecule has 9 heavy (non-hydrogen) atoms. The van der Waals surface area contributed by atoms with Crippen molar-refractivity contribution in [2.75, 3.05) is 13.1 Å². The number of hydrogen-bond acceptors (Lipinski definition) is 2. The predicted octanol–water partition coefficient (Wildman–Crippen LogP) is 1.20. The van der Waals surface area contributed by atoms with Crippen molar-refractivity contribution in [3.63, 3.8) is 0 Å². The van der Waals surface area contributed by atoms with Gasteiger partial charge in [0.2, 0.25) is 0 Å². The highest BCUT2D eigenvalue weighted by atomic mass is 16.7. The summed E-state index contributed by atoms with van der Waals surface area (Å²) in [6.45, 7) is 4.23. The van der Waals surface area contributed by atoms with Gasteiger partial charge < -0.3 is 0 Å². The second-order valence-electron chi connectivity index (χ2n) is 2.89. The quantitative estimate of drug-likeness (QED) is 0.483. The summed E-state index contributed by atoms with van der Waals surface area (Å²) in [4.78, 5) is 5.30. The molecule has 2 rings (SSSR count). The maximum absolute atomic E-state index is 5.30. The normalized spacial score (nSPS) is 42.7. The molecule has 0 amide bonds. The van der Waals surface area contributed by atoms with Gasteiger partial charge in [0.1, 0.15) is 6.61 Å². The van der Waals surface area contributed by atoms with Crippen LogP contribution in [0.1, 0.15) is 19.3 Å². The molecule has 2 heteroatoms.